The van der Waals surface area contributed by atoms with Gasteiger partial charge >= 0.3 is 0 Å². The predicted octanol–water partition coefficient (Wildman–Crippen LogP) is 1.68. The van der Waals surface area contributed by atoms with E-state index >= 15 is 0 Å². The SMILES string of the molecule is CCNS(=O)(=O)c1ccc(N)c(NCCc2cscn2)c1. The second-order valence-electron chi connectivity index (χ2n) is 4.41. The lowest BCUT2D eigenvalue weighted by Gasteiger charge is -2.11. The molecule has 0 amide bonds. The predicted molar refractivity (Wildman–Crippen MR) is 86.0 cm³/mol. The van der Waals surface area contributed by atoms with E-state index in [1.807, 2.05) is 5.38 Å². The van der Waals surface area contributed by atoms with Crippen LogP contribution in [-0.2, 0) is 16.4 Å². The molecule has 1 aromatic carbocycles. The van der Waals surface area contributed by atoms with E-state index in [4.69, 9.17) is 5.73 Å². The molecule has 0 fully saturated rings. The quantitative estimate of drug-likeness (QED) is 0.673. The van der Waals surface area contributed by atoms with Crippen molar-refractivity contribution in [3.63, 3.8) is 0 Å². The van der Waals surface area contributed by atoms with Gasteiger partial charge in [-0.15, -0.1) is 11.3 Å². The molecule has 6 nitrogen and oxygen atoms in total. The number of nitrogen functional groups attached to an aromatic ring is 1. The maximum Gasteiger partial charge on any atom is 0.240 e. The third-order valence-electron chi connectivity index (χ3n) is 2.85. The molecule has 0 unspecified atom stereocenters. The zero-order chi connectivity index (χ0) is 15.3. The summed E-state index contributed by atoms with van der Waals surface area (Å²) in [5.74, 6) is 0. The van der Waals surface area contributed by atoms with Crippen LogP contribution in [0.25, 0.3) is 0 Å². The molecule has 0 bridgehead atoms. The van der Waals surface area contributed by atoms with Crippen molar-refractivity contribution in [2.75, 3.05) is 24.1 Å². The minimum atomic E-state index is -3.47. The summed E-state index contributed by atoms with van der Waals surface area (Å²) in [5.41, 5.74) is 9.79. The molecule has 0 saturated heterocycles. The van der Waals surface area contributed by atoms with Crippen LogP contribution >= 0.6 is 11.3 Å². The summed E-state index contributed by atoms with van der Waals surface area (Å²) in [7, 11) is -3.47. The second kappa shape index (κ2) is 6.88. The maximum atomic E-state index is 12.0. The standard InChI is InChI=1S/C13H18N4O2S2/c1-2-17-21(18,19)11-3-4-12(14)13(7-11)15-6-5-10-8-20-9-16-10/h3-4,7-9,15,17H,2,5-6,14H2,1H3. The number of hydrogen-bond donors (Lipinski definition) is 3. The van der Waals surface area contributed by atoms with Crippen LogP contribution in [0.4, 0.5) is 11.4 Å². The van der Waals surface area contributed by atoms with Crippen LogP contribution in [0.3, 0.4) is 0 Å². The number of nitrogens with zero attached hydrogens (tertiary/aromatic N) is 1. The van der Waals surface area contributed by atoms with Crippen molar-refractivity contribution in [2.45, 2.75) is 18.2 Å². The zero-order valence-electron chi connectivity index (χ0n) is 11.7. The summed E-state index contributed by atoms with van der Waals surface area (Å²) in [6.45, 7) is 2.72. The minimum absolute atomic E-state index is 0.203. The Labute approximate surface area is 128 Å². The van der Waals surface area contributed by atoms with Gasteiger partial charge in [0.15, 0.2) is 0 Å². The molecule has 0 radical (unpaired) electrons. The van der Waals surface area contributed by atoms with Gasteiger partial charge in [0.1, 0.15) is 0 Å². The van der Waals surface area contributed by atoms with E-state index < -0.39 is 10.0 Å². The molecule has 0 aliphatic heterocycles. The van der Waals surface area contributed by atoms with Gasteiger partial charge in [-0.25, -0.2) is 18.1 Å². The lowest BCUT2D eigenvalue weighted by atomic mass is 10.2. The van der Waals surface area contributed by atoms with Gasteiger partial charge < -0.3 is 11.1 Å². The van der Waals surface area contributed by atoms with Crippen molar-refractivity contribution in [1.29, 1.82) is 0 Å². The normalized spacial score (nSPS) is 11.5. The molecule has 1 aromatic heterocycles. The molecule has 0 spiro atoms. The molecule has 4 N–H and O–H groups in total. The lowest BCUT2D eigenvalue weighted by molar-refractivity contribution is 0.584. The second-order valence-corrected chi connectivity index (χ2v) is 6.89. The summed E-state index contributed by atoms with van der Waals surface area (Å²) in [5, 5.41) is 5.14. The van der Waals surface area contributed by atoms with Gasteiger partial charge in [-0.3, -0.25) is 0 Å². The molecule has 0 aliphatic rings. The Morgan fingerprint density at radius 1 is 1.38 bits per heavy atom. The number of thiazole rings is 1. The Hall–Kier alpha value is -1.64. The Kier molecular flexibility index (Phi) is 5.16. The molecule has 0 saturated carbocycles. The van der Waals surface area contributed by atoms with E-state index in [9.17, 15) is 8.42 Å². The number of nitrogens with two attached hydrogens (primary N) is 1. The first-order valence-corrected chi connectivity index (χ1v) is 8.95. The highest BCUT2D eigenvalue weighted by atomic mass is 32.2. The molecule has 2 rings (SSSR count). The van der Waals surface area contributed by atoms with Crippen molar-refractivity contribution in [2.24, 2.45) is 0 Å². The monoisotopic (exact) mass is 326 g/mol. The maximum absolute atomic E-state index is 12.0. The molecule has 0 atom stereocenters. The smallest absolute Gasteiger partial charge is 0.240 e. The summed E-state index contributed by atoms with van der Waals surface area (Å²) in [4.78, 5) is 4.40. The Balaban J connectivity index is 2.08. The summed E-state index contributed by atoms with van der Waals surface area (Å²) >= 11 is 1.55. The average Bonchev–Trinajstić information content (AvgIpc) is 2.94. The van der Waals surface area contributed by atoms with Crippen LogP contribution < -0.4 is 15.8 Å². The number of hydrogen-bond acceptors (Lipinski definition) is 6. The molecule has 0 aliphatic carbocycles. The van der Waals surface area contributed by atoms with Crippen molar-refractivity contribution in [3.8, 4) is 0 Å². The topological polar surface area (TPSA) is 97.1 Å². The Bertz CT molecular complexity index is 684. The highest BCUT2D eigenvalue weighted by molar-refractivity contribution is 7.89. The summed E-state index contributed by atoms with van der Waals surface area (Å²) in [6.07, 6.45) is 0.757. The highest BCUT2D eigenvalue weighted by Gasteiger charge is 2.14. The van der Waals surface area contributed by atoms with Gasteiger partial charge in [0, 0.05) is 24.9 Å². The Morgan fingerprint density at radius 3 is 2.86 bits per heavy atom. The first kappa shape index (κ1) is 15.7. The molecule has 114 valence electrons. The van der Waals surface area contributed by atoms with Gasteiger partial charge in [-0.2, -0.15) is 0 Å². The van der Waals surface area contributed by atoms with E-state index in [0.29, 0.717) is 24.5 Å². The molecule has 8 heteroatoms. The lowest BCUT2D eigenvalue weighted by Crippen LogP contribution is -2.23. The van der Waals surface area contributed by atoms with Gasteiger partial charge in [-0.05, 0) is 18.2 Å². The Morgan fingerprint density at radius 2 is 2.19 bits per heavy atom. The van der Waals surface area contributed by atoms with E-state index in [-0.39, 0.29) is 4.90 Å². The summed E-state index contributed by atoms with van der Waals surface area (Å²) < 4.78 is 26.4. The van der Waals surface area contributed by atoms with Crippen molar-refractivity contribution >= 4 is 32.7 Å². The van der Waals surface area contributed by atoms with Gasteiger partial charge in [0.2, 0.25) is 10.0 Å². The molecule has 2 aromatic rings. The number of aromatic nitrogens is 1. The van der Waals surface area contributed by atoms with Crippen LogP contribution in [0, 0.1) is 0 Å². The van der Waals surface area contributed by atoms with Gasteiger partial charge in [-0.1, -0.05) is 6.92 Å². The van der Waals surface area contributed by atoms with Crippen molar-refractivity contribution in [1.82, 2.24) is 9.71 Å². The van der Waals surface area contributed by atoms with Crippen LogP contribution in [-0.4, -0.2) is 26.5 Å². The molecular weight excluding hydrogens is 308 g/mol. The number of sulfonamides is 1. The largest absolute Gasteiger partial charge is 0.397 e. The third-order valence-corrected chi connectivity index (χ3v) is 5.03. The average molecular weight is 326 g/mol. The zero-order valence-corrected chi connectivity index (χ0v) is 13.3. The fourth-order valence-electron chi connectivity index (χ4n) is 1.82. The van der Waals surface area contributed by atoms with Crippen LogP contribution in [0.5, 0.6) is 0 Å². The fourth-order valence-corrected chi connectivity index (χ4v) is 3.48. The molecule has 1 heterocycles. The summed E-state index contributed by atoms with van der Waals surface area (Å²) in [6, 6.07) is 4.64. The number of benzene rings is 1. The van der Waals surface area contributed by atoms with E-state index in [0.717, 1.165) is 12.1 Å². The first-order chi connectivity index (χ1) is 10.0. The van der Waals surface area contributed by atoms with Crippen molar-refractivity contribution in [3.05, 3.63) is 34.8 Å². The van der Waals surface area contributed by atoms with Crippen LogP contribution in [0.2, 0.25) is 0 Å². The van der Waals surface area contributed by atoms with E-state index in [2.05, 4.69) is 15.0 Å². The molecular formula is C13H18N4O2S2. The fraction of sp³-hybridized carbons (Fsp3) is 0.308. The number of rotatable bonds is 7. The van der Waals surface area contributed by atoms with E-state index in [1.165, 1.54) is 6.07 Å². The molecule has 21 heavy (non-hydrogen) atoms. The van der Waals surface area contributed by atoms with Crippen LogP contribution in [0.15, 0.2) is 34.0 Å². The van der Waals surface area contributed by atoms with Gasteiger partial charge in [0.05, 0.1) is 27.5 Å². The third kappa shape index (κ3) is 4.16. The highest BCUT2D eigenvalue weighted by Crippen LogP contribution is 2.22. The van der Waals surface area contributed by atoms with Crippen molar-refractivity contribution < 1.29 is 8.42 Å². The first-order valence-electron chi connectivity index (χ1n) is 6.53. The van der Waals surface area contributed by atoms with Gasteiger partial charge in [0.25, 0.3) is 0 Å². The van der Waals surface area contributed by atoms with E-state index in [1.54, 1.807) is 35.9 Å². The van der Waals surface area contributed by atoms with Crippen LogP contribution in [0.1, 0.15) is 12.6 Å². The number of anilines is 2. The number of nitrogens with one attached hydrogen (secondary N) is 2. The minimum Gasteiger partial charge on any atom is -0.397 e.